The predicted octanol–water partition coefficient (Wildman–Crippen LogP) is 5.26. The van der Waals surface area contributed by atoms with Gasteiger partial charge in [0.2, 0.25) is 0 Å². The number of amides is 2. The third kappa shape index (κ3) is 4.18. The molecular formula is C25H21N3O2S. The van der Waals surface area contributed by atoms with Crippen LogP contribution in [0.3, 0.4) is 0 Å². The van der Waals surface area contributed by atoms with Crippen LogP contribution >= 0.6 is 11.8 Å². The van der Waals surface area contributed by atoms with Crippen molar-refractivity contribution in [3.63, 3.8) is 0 Å². The van der Waals surface area contributed by atoms with E-state index in [1.54, 1.807) is 30.3 Å². The highest BCUT2D eigenvalue weighted by atomic mass is 32.2. The topological polar surface area (TPSA) is 66.1 Å². The quantitative estimate of drug-likeness (QED) is 0.521. The van der Waals surface area contributed by atoms with Gasteiger partial charge >= 0.3 is 0 Å². The van der Waals surface area contributed by atoms with E-state index in [1.165, 1.54) is 10.5 Å². The molecule has 154 valence electrons. The number of benzene rings is 2. The van der Waals surface area contributed by atoms with Crippen LogP contribution < -0.4 is 0 Å². The van der Waals surface area contributed by atoms with E-state index in [2.05, 4.69) is 22.8 Å². The summed E-state index contributed by atoms with van der Waals surface area (Å²) in [4.78, 5) is 27.1. The van der Waals surface area contributed by atoms with Gasteiger partial charge in [0, 0.05) is 17.9 Å². The summed E-state index contributed by atoms with van der Waals surface area (Å²) in [6.07, 6.45) is 1.80. The fraction of sp³-hybridized carbons (Fsp3) is 0.160. The Morgan fingerprint density at radius 3 is 2.45 bits per heavy atom. The summed E-state index contributed by atoms with van der Waals surface area (Å²) >= 11 is 0.944. The molecule has 0 unspecified atom stereocenters. The maximum Gasteiger partial charge on any atom is 0.293 e. The molecule has 1 aromatic heterocycles. The van der Waals surface area contributed by atoms with Gasteiger partial charge in [0.15, 0.2) is 0 Å². The Morgan fingerprint density at radius 1 is 1.00 bits per heavy atom. The summed E-state index contributed by atoms with van der Waals surface area (Å²) < 4.78 is 2.20. The van der Waals surface area contributed by atoms with E-state index in [-0.39, 0.29) is 17.7 Å². The van der Waals surface area contributed by atoms with E-state index < -0.39 is 0 Å². The average molecular weight is 428 g/mol. The van der Waals surface area contributed by atoms with Gasteiger partial charge in [-0.05, 0) is 60.5 Å². The van der Waals surface area contributed by atoms with E-state index in [4.69, 9.17) is 0 Å². The molecule has 1 aliphatic heterocycles. The number of carbonyl (C=O) groups is 2. The Labute approximate surface area is 185 Å². The Balaban J connectivity index is 1.59. The maximum atomic E-state index is 12.9. The molecule has 5 nitrogen and oxygen atoms in total. The fourth-order valence-electron chi connectivity index (χ4n) is 3.70. The van der Waals surface area contributed by atoms with Crippen LogP contribution in [0.2, 0.25) is 0 Å². The monoisotopic (exact) mass is 427 g/mol. The summed E-state index contributed by atoms with van der Waals surface area (Å²) in [5.41, 5.74) is 5.39. The van der Waals surface area contributed by atoms with Crippen LogP contribution in [0.25, 0.3) is 6.08 Å². The third-order valence-corrected chi connectivity index (χ3v) is 6.33. The van der Waals surface area contributed by atoms with Crippen LogP contribution in [0, 0.1) is 25.2 Å². The van der Waals surface area contributed by atoms with Crippen molar-refractivity contribution in [1.29, 1.82) is 5.26 Å². The van der Waals surface area contributed by atoms with Crippen molar-refractivity contribution in [2.45, 2.75) is 26.9 Å². The molecule has 1 aliphatic rings. The molecule has 0 atom stereocenters. The van der Waals surface area contributed by atoms with Gasteiger partial charge < -0.3 is 4.57 Å². The first-order valence-electron chi connectivity index (χ1n) is 9.92. The standard InChI is InChI=1S/C25H21N3O2S/c1-17-12-22(18(2)27(17)15-19-8-4-3-5-9-19)13-23-24(29)28(25(30)31-23)16-21-11-7-6-10-20(21)14-26/h3-13H,15-16H2,1-2H3/b23-13+. The smallest absolute Gasteiger partial charge is 0.293 e. The number of hydrogen-bond donors (Lipinski definition) is 0. The summed E-state index contributed by atoms with van der Waals surface area (Å²) in [5, 5.41) is 8.96. The number of thioether (sulfide) groups is 1. The molecule has 0 aliphatic carbocycles. The first-order valence-corrected chi connectivity index (χ1v) is 10.7. The lowest BCUT2D eigenvalue weighted by Crippen LogP contribution is -2.27. The highest BCUT2D eigenvalue weighted by Gasteiger charge is 2.35. The minimum Gasteiger partial charge on any atom is -0.344 e. The molecule has 1 fully saturated rings. The lowest BCUT2D eigenvalue weighted by Gasteiger charge is -2.13. The van der Waals surface area contributed by atoms with E-state index >= 15 is 0 Å². The zero-order chi connectivity index (χ0) is 22.0. The van der Waals surface area contributed by atoms with E-state index in [0.717, 1.165) is 35.3 Å². The molecule has 3 aromatic rings. The summed E-state index contributed by atoms with van der Waals surface area (Å²) in [7, 11) is 0. The number of nitriles is 1. The van der Waals surface area contributed by atoms with Crippen LogP contribution in [0.4, 0.5) is 4.79 Å². The molecule has 2 aromatic carbocycles. The highest BCUT2D eigenvalue weighted by Crippen LogP contribution is 2.34. The minimum atomic E-state index is -0.324. The van der Waals surface area contributed by atoms with Crippen molar-refractivity contribution < 1.29 is 9.59 Å². The van der Waals surface area contributed by atoms with Gasteiger partial charge in [-0.1, -0.05) is 48.5 Å². The second kappa shape index (κ2) is 8.66. The average Bonchev–Trinajstić information content (AvgIpc) is 3.19. The lowest BCUT2D eigenvalue weighted by atomic mass is 10.1. The van der Waals surface area contributed by atoms with Crippen molar-refractivity contribution in [2.75, 3.05) is 0 Å². The second-order valence-corrected chi connectivity index (χ2v) is 8.43. The van der Waals surface area contributed by atoms with Gasteiger partial charge in [-0.25, -0.2) is 0 Å². The zero-order valence-corrected chi connectivity index (χ0v) is 18.1. The summed E-state index contributed by atoms with van der Waals surface area (Å²) in [5.74, 6) is -0.324. The molecule has 0 bridgehead atoms. The fourth-order valence-corrected chi connectivity index (χ4v) is 4.53. The molecule has 0 saturated carbocycles. The van der Waals surface area contributed by atoms with Crippen molar-refractivity contribution in [3.8, 4) is 6.07 Å². The largest absolute Gasteiger partial charge is 0.344 e. The molecule has 31 heavy (non-hydrogen) atoms. The molecule has 4 rings (SSSR count). The van der Waals surface area contributed by atoms with Crippen molar-refractivity contribution in [3.05, 3.63) is 99.2 Å². The third-order valence-electron chi connectivity index (χ3n) is 5.42. The Hall–Kier alpha value is -3.56. The molecule has 0 radical (unpaired) electrons. The number of hydrogen-bond acceptors (Lipinski definition) is 4. The first-order chi connectivity index (χ1) is 15.0. The lowest BCUT2D eigenvalue weighted by molar-refractivity contribution is -0.123. The van der Waals surface area contributed by atoms with E-state index in [1.807, 2.05) is 38.1 Å². The van der Waals surface area contributed by atoms with Crippen molar-refractivity contribution in [1.82, 2.24) is 9.47 Å². The predicted molar refractivity (Wildman–Crippen MR) is 122 cm³/mol. The van der Waals surface area contributed by atoms with E-state index in [9.17, 15) is 14.9 Å². The normalized spacial score (nSPS) is 15.0. The van der Waals surface area contributed by atoms with Gasteiger partial charge in [0.1, 0.15) is 0 Å². The number of aromatic nitrogens is 1. The SMILES string of the molecule is Cc1cc(/C=C2/SC(=O)N(Cc3ccccc3C#N)C2=O)c(C)n1Cc1ccccc1. The Morgan fingerprint density at radius 2 is 1.71 bits per heavy atom. The molecule has 6 heteroatoms. The number of carbonyl (C=O) groups excluding carboxylic acids is 2. The van der Waals surface area contributed by atoms with E-state index in [0.29, 0.717) is 16.0 Å². The van der Waals surface area contributed by atoms with Gasteiger partial charge in [-0.15, -0.1) is 0 Å². The molecular weight excluding hydrogens is 406 g/mol. The van der Waals surface area contributed by atoms with Gasteiger partial charge in [-0.3, -0.25) is 14.5 Å². The molecule has 0 N–H and O–H groups in total. The second-order valence-electron chi connectivity index (χ2n) is 7.44. The summed E-state index contributed by atoms with van der Waals surface area (Å²) in [6.45, 7) is 4.91. The van der Waals surface area contributed by atoms with Crippen molar-refractivity contribution in [2.24, 2.45) is 0 Å². The van der Waals surface area contributed by atoms with Gasteiger partial charge in [0.25, 0.3) is 11.1 Å². The minimum absolute atomic E-state index is 0.0960. The van der Waals surface area contributed by atoms with Gasteiger partial charge in [-0.2, -0.15) is 5.26 Å². The number of imide groups is 1. The zero-order valence-electron chi connectivity index (χ0n) is 17.3. The number of nitrogens with zero attached hydrogens (tertiary/aromatic N) is 3. The van der Waals surface area contributed by atoms with Crippen LogP contribution in [-0.4, -0.2) is 20.6 Å². The molecule has 0 spiro atoms. The molecule has 1 saturated heterocycles. The molecule has 2 heterocycles. The van der Waals surface area contributed by atoms with Crippen LogP contribution in [0.1, 0.15) is 33.6 Å². The number of aryl methyl sites for hydroxylation is 1. The highest BCUT2D eigenvalue weighted by molar-refractivity contribution is 8.18. The van der Waals surface area contributed by atoms with Crippen LogP contribution in [0.5, 0.6) is 0 Å². The Kier molecular flexibility index (Phi) is 5.79. The van der Waals surface area contributed by atoms with Crippen LogP contribution in [-0.2, 0) is 17.9 Å². The maximum absolute atomic E-state index is 12.9. The first kappa shape index (κ1) is 20.7. The van der Waals surface area contributed by atoms with Gasteiger partial charge in [0.05, 0.1) is 23.1 Å². The summed E-state index contributed by atoms with van der Waals surface area (Å²) in [6, 6.07) is 21.4. The van der Waals surface area contributed by atoms with Crippen molar-refractivity contribution >= 4 is 29.0 Å². The number of rotatable bonds is 5. The Bertz CT molecular complexity index is 1240. The van der Waals surface area contributed by atoms with Crippen LogP contribution in [0.15, 0.2) is 65.6 Å². The molecule has 2 amide bonds.